The van der Waals surface area contributed by atoms with Crippen LogP contribution in [0.25, 0.3) is 0 Å². The minimum absolute atomic E-state index is 0.00325. The summed E-state index contributed by atoms with van der Waals surface area (Å²) in [5, 5.41) is 32.2. The van der Waals surface area contributed by atoms with Crippen molar-refractivity contribution in [3.05, 3.63) is 49.0 Å². The highest BCUT2D eigenvalue weighted by Crippen LogP contribution is 2.53. The van der Waals surface area contributed by atoms with Crippen LogP contribution in [0.4, 0.5) is 0 Å². The van der Waals surface area contributed by atoms with Crippen LogP contribution >= 0.6 is 22.6 Å². The number of Topliss-reactive ketones (excluding diaryl/α,β-unsaturated/α-hetero) is 2. The van der Waals surface area contributed by atoms with E-state index in [4.69, 9.17) is 10.5 Å². The first kappa shape index (κ1) is 21.8. The Labute approximate surface area is 191 Å². The second-order valence-electron chi connectivity index (χ2n) is 8.16. The molecule has 0 bridgehead atoms. The van der Waals surface area contributed by atoms with Gasteiger partial charge in [-0.05, 0) is 65.0 Å². The fourth-order valence-corrected chi connectivity index (χ4v) is 6.03. The van der Waals surface area contributed by atoms with Gasteiger partial charge in [0, 0.05) is 25.0 Å². The van der Waals surface area contributed by atoms with Gasteiger partial charge in [0.1, 0.15) is 22.8 Å². The number of primary amides is 1. The average Bonchev–Trinajstić information content (AvgIpc) is 2.70. The Kier molecular flexibility index (Phi) is 5.16. The number of carbonyl (C=O) groups excluding carboxylic acids is 3. The highest BCUT2D eigenvalue weighted by molar-refractivity contribution is 14.1. The zero-order valence-corrected chi connectivity index (χ0v) is 19.1. The van der Waals surface area contributed by atoms with Crippen molar-refractivity contribution in [3.63, 3.8) is 0 Å². The lowest BCUT2D eigenvalue weighted by molar-refractivity contribution is -0.149. The number of aromatic hydroxyl groups is 1. The highest BCUT2D eigenvalue weighted by Gasteiger charge is 2.61. The van der Waals surface area contributed by atoms with E-state index in [0.717, 1.165) is 11.1 Å². The van der Waals surface area contributed by atoms with Crippen LogP contribution in [0.3, 0.4) is 0 Å². The fourth-order valence-electron chi connectivity index (χ4n) is 5.38. The van der Waals surface area contributed by atoms with Gasteiger partial charge in [-0.1, -0.05) is 6.92 Å². The van der Waals surface area contributed by atoms with E-state index < -0.39 is 52.0 Å². The minimum Gasteiger partial charge on any atom is -0.511 e. The number of halogens is 1. The number of hydrogen-bond acceptors (Lipinski definition) is 7. The predicted molar refractivity (Wildman–Crippen MR) is 118 cm³/mol. The summed E-state index contributed by atoms with van der Waals surface area (Å²) >= 11 is 1.95. The normalized spacial score (nSPS) is 27.7. The number of phenols is 1. The summed E-state index contributed by atoms with van der Waals surface area (Å²) < 4.78 is 6.01. The molecule has 1 amide bonds. The van der Waals surface area contributed by atoms with E-state index in [0.29, 0.717) is 16.4 Å². The molecule has 0 aliphatic heterocycles. The molecule has 8 nitrogen and oxygen atoms in total. The van der Waals surface area contributed by atoms with Crippen molar-refractivity contribution in [2.45, 2.75) is 38.2 Å². The monoisotopic (exact) mass is 539 g/mol. The number of rotatable bonds is 3. The second-order valence-corrected chi connectivity index (χ2v) is 9.32. The smallest absolute Gasteiger partial charge is 0.255 e. The fraction of sp³-hybridized carbons (Fsp3) is 0.409. The molecule has 5 N–H and O–H groups in total. The van der Waals surface area contributed by atoms with Crippen molar-refractivity contribution in [3.8, 4) is 5.75 Å². The molecular weight excluding hydrogens is 517 g/mol. The molecule has 0 spiro atoms. The molecule has 164 valence electrons. The van der Waals surface area contributed by atoms with E-state index in [1.807, 2.05) is 35.6 Å². The molecule has 0 saturated heterocycles. The lowest BCUT2D eigenvalue weighted by atomic mass is 9.60. The Bertz CT molecular complexity index is 1120. The number of ether oxygens (including phenoxy) is 1. The number of aryl methyl sites for hydroxylation is 1. The summed E-state index contributed by atoms with van der Waals surface area (Å²) in [7, 11) is 1.21. The maximum atomic E-state index is 13.5. The topological polar surface area (TPSA) is 147 Å². The van der Waals surface area contributed by atoms with Crippen LogP contribution in [0, 0.1) is 15.4 Å². The molecule has 9 heteroatoms. The maximum Gasteiger partial charge on any atom is 0.255 e. The number of aliphatic hydroxyl groups is 2. The molecule has 0 saturated carbocycles. The summed E-state index contributed by atoms with van der Waals surface area (Å²) in [4.78, 5) is 38.6. The first-order valence-electron chi connectivity index (χ1n) is 9.93. The summed E-state index contributed by atoms with van der Waals surface area (Å²) in [6.45, 7) is 1.96. The third kappa shape index (κ3) is 2.78. The van der Waals surface area contributed by atoms with Crippen LogP contribution in [-0.2, 0) is 27.2 Å². The molecule has 3 aliphatic rings. The van der Waals surface area contributed by atoms with Crippen molar-refractivity contribution in [2.75, 3.05) is 7.11 Å². The van der Waals surface area contributed by atoms with E-state index >= 15 is 0 Å². The van der Waals surface area contributed by atoms with Gasteiger partial charge in [-0.25, -0.2) is 0 Å². The van der Waals surface area contributed by atoms with Gasteiger partial charge in [0.25, 0.3) is 5.91 Å². The molecule has 0 heterocycles. The van der Waals surface area contributed by atoms with E-state index in [1.54, 1.807) is 0 Å². The summed E-state index contributed by atoms with van der Waals surface area (Å²) in [6.07, 6.45) is 1.24. The molecule has 3 atom stereocenters. The van der Waals surface area contributed by atoms with E-state index in [2.05, 4.69) is 0 Å². The molecular formula is C22H22INO7. The zero-order valence-electron chi connectivity index (χ0n) is 17.0. The number of benzene rings is 1. The number of carbonyl (C=O) groups is 3. The second kappa shape index (κ2) is 7.33. The highest BCUT2D eigenvalue weighted by atomic mass is 127. The standard InChI is InChI=1S/C22H22INO7/c1-3-8-6-12(23)17(26)15-11(8)5-9-4-10-7-13(25)16(21(24)30)20(29)22(10,31-2)19(28)14(9)18(15)27/h6,9-10,25-26,28H,3-5,7H2,1-2H3,(H2,24,30)/t9-,10+,22+/m1/s1. The number of allylic oxidation sites excluding steroid dienone is 2. The third-order valence-electron chi connectivity index (χ3n) is 6.78. The molecule has 0 fully saturated rings. The van der Waals surface area contributed by atoms with Gasteiger partial charge in [0.05, 0.1) is 9.13 Å². The SMILES string of the molecule is CCc1cc(I)c(O)c2c1C[C@H]1C[C@H]3CC(O)=C(C(N)=O)C(=O)[C@@]3(OC)C(O)=C1C2=O. The molecule has 1 aromatic carbocycles. The van der Waals surface area contributed by atoms with Gasteiger partial charge < -0.3 is 25.8 Å². The molecule has 1 aromatic rings. The van der Waals surface area contributed by atoms with Crippen LogP contribution in [0.1, 0.15) is 41.3 Å². The number of phenolic OH excluding ortho intramolecular Hbond substituents is 1. The Morgan fingerprint density at radius 3 is 2.55 bits per heavy atom. The largest absolute Gasteiger partial charge is 0.511 e. The van der Waals surface area contributed by atoms with Crippen LogP contribution in [0.5, 0.6) is 5.75 Å². The van der Waals surface area contributed by atoms with Gasteiger partial charge >= 0.3 is 0 Å². The van der Waals surface area contributed by atoms with E-state index in [9.17, 15) is 29.7 Å². The zero-order chi connectivity index (χ0) is 22.8. The van der Waals surface area contributed by atoms with Gasteiger partial charge in [0.2, 0.25) is 5.78 Å². The lowest BCUT2D eigenvalue weighted by Gasteiger charge is -2.47. The number of aliphatic hydroxyl groups excluding tert-OH is 2. The van der Waals surface area contributed by atoms with Crippen LogP contribution in [0.2, 0.25) is 0 Å². The quantitative estimate of drug-likeness (QED) is 0.341. The summed E-state index contributed by atoms with van der Waals surface area (Å²) in [5.74, 6) is -4.91. The molecule has 3 aliphatic carbocycles. The number of fused-ring (bicyclic) bond motifs is 3. The number of hydrogen-bond donors (Lipinski definition) is 4. The Morgan fingerprint density at radius 1 is 1.29 bits per heavy atom. The molecule has 4 rings (SSSR count). The van der Waals surface area contributed by atoms with Crippen LogP contribution < -0.4 is 5.73 Å². The maximum absolute atomic E-state index is 13.5. The van der Waals surface area contributed by atoms with E-state index in [-0.39, 0.29) is 29.7 Å². The summed E-state index contributed by atoms with van der Waals surface area (Å²) in [6, 6.07) is 1.84. The average molecular weight is 539 g/mol. The molecule has 31 heavy (non-hydrogen) atoms. The number of amides is 1. The van der Waals surface area contributed by atoms with E-state index in [1.165, 1.54) is 7.11 Å². The number of methoxy groups -OCH3 is 1. The first-order chi connectivity index (χ1) is 14.6. The van der Waals surface area contributed by atoms with Crippen molar-refractivity contribution in [1.29, 1.82) is 0 Å². The lowest BCUT2D eigenvalue weighted by Crippen LogP contribution is -2.58. The van der Waals surface area contributed by atoms with Crippen molar-refractivity contribution >= 4 is 40.1 Å². The Balaban J connectivity index is 1.97. The van der Waals surface area contributed by atoms with Gasteiger partial charge in [-0.15, -0.1) is 0 Å². The van der Waals surface area contributed by atoms with Crippen molar-refractivity contribution in [2.24, 2.45) is 17.6 Å². The Morgan fingerprint density at radius 2 is 1.97 bits per heavy atom. The summed E-state index contributed by atoms with van der Waals surface area (Å²) in [5.41, 5.74) is 4.48. The number of ketones is 2. The van der Waals surface area contributed by atoms with Crippen LogP contribution in [-0.4, -0.2) is 45.5 Å². The first-order valence-corrected chi connectivity index (χ1v) is 11.0. The minimum atomic E-state index is -1.99. The molecule has 0 aromatic heterocycles. The third-order valence-corrected chi connectivity index (χ3v) is 7.60. The van der Waals surface area contributed by atoms with Gasteiger partial charge in [0.15, 0.2) is 11.4 Å². The molecule has 0 unspecified atom stereocenters. The van der Waals surface area contributed by atoms with Gasteiger partial charge in [-0.2, -0.15) is 0 Å². The van der Waals surface area contributed by atoms with Crippen molar-refractivity contribution in [1.82, 2.24) is 0 Å². The van der Waals surface area contributed by atoms with Crippen LogP contribution in [0.15, 0.2) is 28.7 Å². The number of nitrogens with two attached hydrogens (primary N) is 1. The molecule has 0 radical (unpaired) electrons. The van der Waals surface area contributed by atoms with Gasteiger partial charge in [-0.3, -0.25) is 14.4 Å². The predicted octanol–water partition coefficient (Wildman–Crippen LogP) is 2.40. The van der Waals surface area contributed by atoms with Crippen molar-refractivity contribution < 1.29 is 34.4 Å². The Hall–Kier alpha value is -2.40.